The molecule has 1 aliphatic rings. The van der Waals surface area contributed by atoms with Gasteiger partial charge in [0.25, 0.3) is 0 Å². The van der Waals surface area contributed by atoms with Gasteiger partial charge in [-0.1, -0.05) is 6.07 Å². The number of benzene rings is 1. The second kappa shape index (κ2) is 5.80. The molecule has 0 spiro atoms. The number of hydrogen-bond donors (Lipinski definition) is 1. The Morgan fingerprint density at radius 3 is 2.63 bits per heavy atom. The van der Waals surface area contributed by atoms with Crippen LogP contribution in [0.3, 0.4) is 0 Å². The van der Waals surface area contributed by atoms with Crippen molar-refractivity contribution in [3.8, 4) is 11.5 Å². The van der Waals surface area contributed by atoms with Gasteiger partial charge in [0.15, 0.2) is 11.5 Å². The topological polar surface area (TPSA) is 53.7 Å². The number of hydrogen-bond acceptors (Lipinski definition) is 4. The highest BCUT2D eigenvalue weighted by Crippen LogP contribution is 2.31. The fourth-order valence-electron chi connectivity index (χ4n) is 2.63. The van der Waals surface area contributed by atoms with Crippen LogP contribution in [0.1, 0.15) is 18.9 Å². The van der Waals surface area contributed by atoms with Crippen molar-refractivity contribution in [2.45, 2.75) is 25.3 Å². The van der Waals surface area contributed by atoms with Gasteiger partial charge in [0.05, 0.1) is 20.8 Å². The minimum absolute atomic E-state index is 0.254. The van der Waals surface area contributed by atoms with E-state index in [0.29, 0.717) is 5.92 Å². The van der Waals surface area contributed by atoms with Gasteiger partial charge in [0.2, 0.25) is 0 Å². The minimum atomic E-state index is -0.254. The zero-order valence-corrected chi connectivity index (χ0v) is 11.9. The standard InChI is InChI=1S/C15H23NO3/c1-15(16,12-6-7-19-10-12)9-11-4-5-13(17-2)14(8-11)18-3/h4-5,8,12H,6-7,9-10,16H2,1-3H3. The SMILES string of the molecule is COc1ccc(CC(C)(N)C2CCOC2)cc1OC. The summed E-state index contributed by atoms with van der Waals surface area (Å²) in [5.41, 5.74) is 7.37. The molecule has 4 nitrogen and oxygen atoms in total. The van der Waals surface area contributed by atoms with Crippen molar-refractivity contribution in [1.29, 1.82) is 0 Å². The van der Waals surface area contributed by atoms with Crippen molar-refractivity contribution in [3.63, 3.8) is 0 Å². The predicted octanol–water partition coefficient (Wildman–Crippen LogP) is 2.00. The molecule has 1 aliphatic heterocycles. The maximum atomic E-state index is 6.46. The number of rotatable bonds is 5. The molecular weight excluding hydrogens is 242 g/mol. The average Bonchev–Trinajstić information content (AvgIpc) is 2.93. The Hall–Kier alpha value is -1.26. The fourth-order valence-corrected chi connectivity index (χ4v) is 2.63. The lowest BCUT2D eigenvalue weighted by Gasteiger charge is -2.30. The molecule has 2 unspecified atom stereocenters. The Morgan fingerprint density at radius 1 is 1.32 bits per heavy atom. The van der Waals surface area contributed by atoms with E-state index in [1.807, 2.05) is 18.2 Å². The van der Waals surface area contributed by atoms with Gasteiger partial charge in [-0.15, -0.1) is 0 Å². The van der Waals surface area contributed by atoms with Gasteiger partial charge in [-0.25, -0.2) is 0 Å². The van der Waals surface area contributed by atoms with E-state index in [0.717, 1.165) is 43.1 Å². The third-order valence-electron chi connectivity index (χ3n) is 3.90. The molecule has 0 radical (unpaired) electrons. The zero-order chi connectivity index (χ0) is 13.9. The number of methoxy groups -OCH3 is 2. The maximum absolute atomic E-state index is 6.46. The van der Waals surface area contributed by atoms with Crippen LogP contribution in [0, 0.1) is 5.92 Å². The van der Waals surface area contributed by atoms with Gasteiger partial charge in [-0.05, 0) is 37.5 Å². The fraction of sp³-hybridized carbons (Fsp3) is 0.600. The molecule has 1 heterocycles. The molecule has 1 saturated heterocycles. The zero-order valence-electron chi connectivity index (χ0n) is 11.9. The Kier molecular flexibility index (Phi) is 4.32. The molecule has 1 fully saturated rings. The number of ether oxygens (including phenoxy) is 3. The molecule has 2 atom stereocenters. The molecule has 1 aromatic carbocycles. The van der Waals surface area contributed by atoms with E-state index in [2.05, 4.69) is 6.92 Å². The summed E-state index contributed by atoms with van der Waals surface area (Å²) in [4.78, 5) is 0. The van der Waals surface area contributed by atoms with E-state index in [1.54, 1.807) is 14.2 Å². The van der Waals surface area contributed by atoms with E-state index >= 15 is 0 Å². The molecule has 0 aromatic heterocycles. The van der Waals surface area contributed by atoms with Crippen LogP contribution in [-0.4, -0.2) is 33.0 Å². The number of nitrogens with two attached hydrogens (primary N) is 1. The van der Waals surface area contributed by atoms with E-state index < -0.39 is 0 Å². The maximum Gasteiger partial charge on any atom is 0.160 e. The van der Waals surface area contributed by atoms with Crippen LogP contribution in [-0.2, 0) is 11.2 Å². The first-order chi connectivity index (χ1) is 9.06. The van der Waals surface area contributed by atoms with Gasteiger partial charge in [-0.2, -0.15) is 0 Å². The Bertz CT molecular complexity index is 425. The largest absolute Gasteiger partial charge is 0.493 e. The van der Waals surface area contributed by atoms with Crippen LogP contribution in [0.15, 0.2) is 18.2 Å². The molecular formula is C15H23NO3. The summed E-state index contributed by atoms with van der Waals surface area (Å²) in [6.07, 6.45) is 1.85. The van der Waals surface area contributed by atoms with Crippen LogP contribution in [0.5, 0.6) is 11.5 Å². The molecule has 0 saturated carbocycles. The lowest BCUT2D eigenvalue weighted by atomic mass is 9.81. The summed E-state index contributed by atoms with van der Waals surface area (Å²) >= 11 is 0. The molecule has 2 N–H and O–H groups in total. The Morgan fingerprint density at radius 2 is 2.05 bits per heavy atom. The quantitative estimate of drug-likeness (QED) is 0.884. The minimum Gasteiger partial charge on any atom is -0.493 e. The third kappa shape index (κ3) is 3.19. The lowest BCUT2D eigenvalue weighted by molar-refractivity contribution is 0.166. The van der Waals surface area contributed by atoms with Crippen molar-refractivity contribution >= 4 is 0 Å². The van der Waals surface area contributed by atoms with Gasteiger partial charge in [-0.3, -0.25) is 0 Å². The molecule has 0 bridgehead atoms. The molecule has 0 amide bonds. The molecule has 19 heavy (non-hydrogen) atoms. The van der Waals surface area contributed by atoms with Crippen molar-refractivity contribution in [1.82, 2.24) is 0 Å². The van der Waals surface area contributed by atoms with Crippen molar-refractivity contribution in [2.24, 2.45) is 11.7 Å². The van der Waals surface area contributed by atoms with Crippen LogP contribution >= 0.6 is 0 Å². The third-order valence-corrected chi connectivity index (χ3v) is 3.90. The summed E-state index contributed by atoms with van der Waals surface area (Å²) in [6.45, 7) is 3.69. The van der Waals surface area contributed by atoms with Crippen LogP contribution < -0.4 is 15.2 Å². The van der Waals surface area contributed by atoms with Gasteiger partial charge in [0.1, 0.15) is 0 Å². The molecule has 4 heteroatoms. The highest BCUT2D eigenvalue weighted by molar-refractivity contribution is 5.43. The lowest BCUT2D eigenvalue weighted by Crippen LogP contribution is -2.46. The van der Waals surface area contributed by atoms with Crippen LogP contribution in [0.2, 0.25) is 0 Å². The van der Waals surface area contributed by atoms with Gasteiger partial charge >= 0.3 is 0 Å². The Labute approximate surface area is 114 Å². The monoisotopic (exact) mass is 265 g/mol. The average molecular weight is 265 g/mol. The summed E-state index contributed by atoms with van der Waals surface area (Å²) in [7, 11) is 3.29. The first-order valence-corrected chi connectivity index (χ1v) is 6.64. The second-order valence-electron chi connectivity index (χ2n) is 5.43. The van der Waals surface area contributed by atoms with Crippen molar-refractivity contribution in [2.75, 3.05) is 27.4 Å². The first-order valence-electron chi connectivity index (χ1n) is 6.64. The van der Waals surface area contributed by atoms with Gasteiger partial charge in [0, 0.05) is 18.1 Å². The molecule has 106 valence electrons. The van der Waals surface area contributed by atoms with Gasteiger partial charge < -0.3 is 19.9 Å². The predicted molar refractivity (Wildman–Crippen MR) is 74.8 cm³/mol. The van der Waals surface area contributed by atoms with Crippen LogP contribution in [0.25, 0.3) is 0 Å². The van der Waals surface area contributed by atoms with E-state index in [1.165, 1.54) is 0 Å². The van der Waals surface area contributed by atoms with E-state index in [9.17, 15) is 0 Å². The Balaban J connectivity index is 2.13. The van der Waals surface area contributed by atoms with E-state index in [4.69, 9.17) is 19.9 Å². The normalized spacial score (nSPS) is 22.0. The summed E-state index contributed by atoms with van der Waals surface area (Å²) in [5, 5.41) is 0. The first kappa shape index (κ1) is 14.2. The molecule has 0 aliphatic carbocycles. The smallest absolute Gasteiger partial charge is 0.160 e. The summed E-state index contributed by atoms with van der Waals surface area (Å²) in [5.74, 6) is 1.91. The second-order valence-corrected chi connectivity index (χ2v) is 5.43. The molecule has 1 aromatic rings. The molecule has 2 rings (SSSR count). The van der Waals surface area contributed by atoms with Crippen molar-refractivity contribution in [3.05, 3.63) is 23.8 Å². The summed E-state index contributed by atoms with van der Waals surface area (Å²) < 4.78 is 16.0. The van der Waals surface area contributed by atoms with E-state index in [-0.39, 0.29) is 5.54 Å². The highest BCUT2D eigenvalue weighted by Gasteiger charge is 2.33. The van der Waals surface area contributed by atoms with Crippen molar-refractivity contribution < 1.29 is 14.2 Å². The summed E-state index contributed by atoms with van der Waals surface area (Å²) in [6, 6.07) is 5.97. The highest BCUT2D eigenvalue weighted by atomic mass is 16.5. The van der Waals surface area contributed by atoms with Crippen LogP contribution in [0.4, 0.5) is 0 Å².